The first kappa shape index (κ1) is 25.9. The van der Waals surface area contributed by atoms with Crippen molar-refractivity contribution in [2.45, 2.75) is 43.6 Å². The highest BCUT2D eigenvalue weighted by atomic mass is 16.2. The summed E-state index contributed by atoms with van der Waals surface area (Å²) in [5.74, 6) is -1.33. The van der Waals surface area contributed by atoms with Gasteiger partial charge in [-0.1, -0.05) is 12.1 Å². The second-order valence-electron chi connectivity index (χ2n) is 9.59. The first-order valence-corrected chi connectivity index (χ1v) is 12.3. The van der Waals surface area contributed by atoms with Gasteiger partial charge < -0.3 is 27.4 Å². The fourth-order valence-corrected chi connectivity index (χ4v) is 5.62. The maximum absolute atomic E-state index is 12.7. The summed E-state index contributed by atoms with van der Waals surface area (Å²) in [5.41, 5.74) is 20.3. The molecule has 192 valence electrons. The minimum absolute atomic E-state index is 0.0626. The first-order valence-electron chi connectivity index (χ1n) is 12.3. The van der Waals surface area contributed by atoms with Crippen molar-refractivity contribution >= 4 is 23.6 Å². The van der Waals surface area contributed by atoms with Crippen LogP contribution in [0.25, 0.3) is 0 Å². The van der Waals surface area contributed by atoms with Crippen LogP contribution in [0.1, 0.15) is 62.2 Å². The Hall–Kier alpha value is -4.23. The average Bonchev–Trinajstić information content (AvgIpc) is 3.31. The minimum Gasteiger partial charge on any atom is -0.387 e. The number of hydrogen-bond donors (Lipinski definition) is 5. The van der Waals surface area contributed by atoms with Crippen LogP contribution in [0.3, 0.4) is 0 Å². The molecule has 0 aromatic heterocycles. The SMILES string of the molecule is N#C[C@@H]1CCCN1C(=O)CNCCC1(C(=N)N)c2ccc(C(N)=O)cc2CCc2cc(C(N)=O)ccc21. The van der Waals surface area contributed by atoms with Gasteiger partial charge in [-0.15, -0.1) is 0 Å². The lowest BCUT2D eigenvalue weighted by molar-refractivity contribution is -0.130. The third-order valence-corrected chi connectivity index (χ3v) is 7.50. The number of benzene rings is 2. The van der Waals surface area contributed by atoms with Gasteiger partial charge in [0.25, 0.3) is 0 Å². The molecule has 37 heavy (non-hydrogen) atoms. The first-order chi connectivity index (χ1) is 17.7. The molecule has 1 aliphatic heterocycles. The number of nitriles is 1. The summed E-state index contributed by atoms with van der Waals surface area (Å²) < 4.78 is 0. The third-order valence-electron chi connectivity index (χ3n) is 7.50. The van der Waals surface area contributed by atoms with Crippen LogP contribution in [0.5, 0.6) is 0 Å². The Balaban J connectivity index is 1.69. The van der Waals surface area contributed by atoms with E-state index in [1.54, 1.807) is 41.3 Å². The molecule has 3 amide bonds. The molecule has 0 unspecified atom stereocenters. The maximum atomic E-state index is 12.7. The molecule has 0 saturated carbocycles. The van der Waals surface area contributed by atoms with Gasteiger partial charge in [-0.05, 0) is 85.2 Å². The fraction of sp³-hybridized carbons (Fsp3) is 0.370. The van der Waals surface area contributed by atoms with Crippen molar-refractivity contribution in [3.05, 3.63) is 69.8 Å². The van der Waals surface area contributed by atoms with Gasteiger partial charge in [0, 0.05) is 17.7 Å². The fourth-order valence-electron chi connectivity index (χ4n) is 5.62. The number of carbonyl (C=O) groups excluding carboxylic acids is 3. The van der Waals surface area contributed by atoms with E-state index in [9.17, 15) is 19.6 Å². The molecule has 0 spiro atoms. The molecular weight excluding hydrogens is 470 g/mol. The average molecular weight is 502 g/mol. The predicted molar refractivity (Wildman–Crippen MR) is 138 cm³/mol. The molecule has 2 aliphatic rings. The van der Waals surface area contributed by atoms with E-state index < -0.39 is 23.3 Å². The quantitative estimate of drug-likeness (QED) is 0.201. The lowest BCUT2D eigenvalue weighted by Gasteiger charge is -2.36. The van der Waals surface area contributed by atoms with Gasteiger partial charge in [0.05, 0.1) is 18.0 Å². The molecule has 1 saturated heterocycles. The minimum atomic E-state index is -1.06. The summed E-state index contributed by atoms with van der Waals surface area (Å²) in [6, 6.07) is 12.1. The smallest absolute Gasteiger partial charge is 0.248 e. The summed E-state index contributed by atoms with van der Waals surface area (Å²) in [6.07, 6.45) is 2.95. The topological polar surface area (TPSA) is 192 Å². The number of nitrogens with one attached hydrogen (secondary N) is 2. The van der Waals surface area contributed by atoms with Gasteiger partial charge in [-0.3, -0.25) is 19.8 Å². The van der Waals surface area contributed by atoms with E-state index in [-0.39, 0.29) is 18.3 Å². The normalized spacial score (nSPS) is 17.7. The van der Waals surface area contributed by atoms with Crippen LogP contribution in [0.2, 0.25) is 0 Å². The van der Waals surface area contributed by atoms with E-state index in [1.807, 2.05) is 0 Å². The summed E-state index contributed by atoms with van der Waals surface area (Å²) in [6.45, 7) is 0.985. The number of aryl methyl sites for hydroxylation is 2. The molecular formula is C27H31N7O3. The second-order valence-corrected chi connectivity index (χ2v) is 9.59. The highest BCUT2D eigenvalue weighted by Gasteiger charge is 2.42. The number of amidine groups is 1. The Bertz CT molecular complexity index is 1250. The standard InChI is InChI=1S/C27H31N7O3/c28-14-20-2-1-11-34(20)23(35)15-33-10-9-27(26(31)32)21-7-5-18(24(29)36)12-16(21)3-4-17-13-19(25(30)37)6-8-22(17)27/h5-8,12-13,20,33H,1-4,9-11,15H2,(H2,29,36)(H2,30,37)(H3,31,32)/t20-/m0/s1. The third kappa shape index (κ3) is 4.78. The van der Waals surface area contributed by atoms with Crippen LogP contribution in [0.15, 0.2) is 36.4 Å². The van der Waals surface area contributed by atoms with Gasteiger partial charge in [0.2, 0.25) is 17.7 Å². The lowest BCUT2D eigenvalue weighted by Crippen LogP contribution is -2.46. The van der Waals surface area contributed by atoms with Crippen molar-refractivity contribution in [2.24, 2.45) is 17.2 Å². The van der Waals surface area contributed by atoms with Crippen molar-refractivity contribution in [1.82, 2.24) is 10.2 Å². The second kappa shape index (κ2) is 10.4. The van der Waals surface area contributed by atoms with E-state index in [2.05, 4.69) is 11.4 Å². The van der Waals surface area contributed by atoms with Crippen molar-refractivity contribution in [3.63, 3.8) is 0 Å². The Morgan fingerprint density at radius 2 is 1.59 bits per heavy atom. The van der Waals surface area contributed by atoms with Gasteiger partial charge >= 0.3 is 0 Å². The Kier molecular flexibility index (Phi) is 7.27. The molecule has 10 nitrogen and oxygen atoms in total. The Labute approximate surface area is 215 Å². The van der Waals surface area contributed by atoms with Crippen LogP contribution < -0.4 is 22.5 Å². The number of hydrogen-bond acceptors (Lipinski definition) is 6. The summed E-state index contributed by atoms with van der Waals surface area (Å²) >= 11 is 0. The van der Waals surface area contributed by atoms with Gasteiger partial charge in [-0.25, -0.2) is 0 Å². The molecule has 0 bridgehead atoms. The predicted octanol–water partition coefficient (Wildman–Crippen LogP) is 0.699. The number of primary amides is 2. The largest absolute Gasteiger partial charge is 0.387 e. The number of rotatable bonds is 8. The van der Waals surface area contributed by atoms with Crippen molar-refractivity contribution < 1.29 is 14.4 Å². The molecule has 2 aromatic carbocycles. The van der Waals surface area contributed by atoms with Crippen LogP contribution >= 0.6 is 0 Å². The molecule has 4 rings (SSSR count). The maximum Gasteiger partial charge on any atom is 0.248 e. The molecule has 1 fully saturated rings. The number of fused-ring (bicyclic) bond motifs is 2. The number of nitrogens with two attached hydrogens (primary N) is 3. The van der Waals surface area contributed by atoms with Crippen LogP contribution in [0.4, 0.5) is 0 Å². The molecule has 2 aromatic rings. The van der Waals surface area contributed by atoms with E-state index in [1.165, 1.54) is 0 Å². The van der Waals surface area contributed by atoms with E-state index in [4.69, 9.17) is 22.6 Å². The van der Waals surface area contributed by atoms with E-state index in [0.717, 1.165) is 28.7 Å². The summed E-state index contributed by atoms with van der Waals surface area (Å²) in [7, 11) is 0. The lowest BCUT2D eigenvalue weighted by atomic mass is 9.69. The number of amides is 3. The number of carbonyl (C=O) groups is 3. The van der Waals surface area contributed by atoms with Gasteiger partial charge in [0.1, 0.15) is 11.9 Å². The number of nitrogens with zero attached hydrogens (tertiary/aromatic N) is 2. The van der Waals surface area contributed by atoms with Crippen LogP contribution in [-0.4, -0.2) is 54.1 Å². The Morgan fingerprint density at radius 1 is 1.03 bits per heavy atom. The molecule has 1 atom stereocenters. The van der Waals surface area contributed by atoms with Gasteiger partial charge in [-0.2, -0.15) is 5.26 Å². The van der Waals surface area contributed by atoms with Crippen LogP contribution in [-0.2, 0) is 23.1 Å². The molecule has 1 heterocycles. The zero-order chi connectivity index (χ0) is 26.7. The zero-order valence-corrected chi connectivity index (χ0v) is 20.5. The van der Waals surface area contributed by atoms with Crippen molar-refractivity contribution in [2.75, 3.05) is 19.6 Å². The molecule has 10 heteroatoms. The summed E-state index contributed by atoms with van der Waals surface area (Å²) in [4.78, 5) is 38.0. The van der Waals surface area contributed by atoms with E-state index in [0.29, 0.717) is 49.9 Å². The Morgan fingerprint density at radius 3 is 2.08 bits per heavy atom. The van der Waals surface area contributed by atoms with Gasteiger partial charge in [0.15, 0.2) is 0 Å². The van der Waals surface area contributed by atoms with Crippen molar-refractivity contribution in [1.29, 1.82) is 10.7 Å². The molecule has 0 radical (unpaired) electrons. The number of likely N-dealkylation sites (tertiary alicyclic amines) is 1. The van der Waals surface area contributed by atoms with Crippen LogP contribution in [0, 0.1) is 16.7 Å². The summed E-state index contributed by atoms with van der Waals surface area (Å²) in [5, 5.41) is 21.2. The molecule has 8 N–H and O–H groups in total. The zero-order valence-electron chi connectivity index (χ0n) is 20.5. The highest BCUT2D eigenvalue weighted by molar-refractivity contribution is 5.97. The highest BCUT2D eigenvalue weighted by Crippen LogP contribution is 2.43. The van der Waals surface area contributed by atoms with Crippen molar-refractivity contribution in [3.8, 4) is 6.07 Å². The molecule has 1 aliphatic carbocycles. The van der Waals surface area contributed by atoms with E-state index >= 15 is 0 Å². The monoisotopic (exact) mass is 501 g/mol.